The highest BCUT2D eigenvalue weighted by molar-refractivity contribution is 7.99. The van der Waals surface area contributed by atoms with Crippen molar-refractivity contribution >= 4 is 23.4 Å². The third-order valence-corrected chi connectivity index (χ3v) is 5.39. The number of rotatable bonds is 9. The van der Waals surface area contributed by atoms with Crippen molar-refractivity contribution in [2.75, 3.05) is 45.0 Å². The zero-order chi connectivity index (χ0) is 18.9. The third-order valence-electron chi connectivity index (χ3n) is 4.29. The van der Waals surface area contributed by atoms with Gasteiger partial charge in [0.05, 0.1) is 9.82 Å². The first kappa shape index (κ1) is 20.7. The SMILES string of the molecule is CC(C)CCSc1ccc(C(=O)NCCN2CCNCC2)cc1[N+](=O)[O-]. The predicted octanol–water partition coefficient (Wildman–Crippen LogP) is 2.37. The maximum atomic E-state index is 12.3. The molecule has 1 fully saturated rings. The van der Waals surface area contributed by atoms with Crippen molar-refractivity contribution in [3.63, 3.8) is 0 Å². The minimum Gasteiger partial charge on any atom is -0.351 e. The zero-order valence-corrected chi connectivity index (χ0v) is 16.3. The highest BCUT2D eigenvalue weighted by Crippen LogP contribution is 2.31. The molecule has 1 heterocycles. The van der Waals surface area contributed by atoms with Crippen LogP contribution in [0.2, 0.25) is 0 Å². The van der Waals surface area contributed by atoms with Gasteiger partial charge in [-0.3, -0.25) is 19.8 Å². The molecule has 7 nitrogen and oxygen atoms in total. The van der Waals surface area contributed by atoms with Gasteiger partial charge in [0.2, 0.25) is 0 Å². The van der Waals surface area contributed by atoms with Crippen LogP contribution in [0.5, 0.6) is 0 Å². The van der Waals surface area contributed by atoms with Crippen LogP contribution in [0.4, 0.5) is 5.69 Å². The minimum absolute atomic E-state index is 0.00788. The van der Waals surface area contributed by atoms with Gasteiger partial charge in [-0.2, -0.15) is 0 Å². The molecule has 1 aromatic carbocycles. The minimum atomic E-state index is -0.408. The smallest absolute Gasteiger partial charge is 0.283 e. The van der Waals surface area contributed by atoms with Crippen LogP contribution in [-0.4, -0.2) is 60.8 Å². The van der Waals surface area contributed by atoms with E-state index in [0.717, 1.165) is 44.9 Å². The molecule has 26 heavy (non-hydrogen) atoms. The van der Waals surface area contributed by atoms with Crippen LogP contribution >= 0.6 is 11.8 Å². The average Bonchev–Trinajstić information content (AvgIpc) is 2.62. The summed E-state index contributed by atoms with van der Waals surface area (Å²) in [4.78, 5) is 26.2. The number of nitro benzene ring substituents is 1. The van der Waals surface area contributed by atoms with E-state index in [9.17, 15) is 14.9 Å². The molecule has 1 aliphatic heterocycles. The molecule has 144 valence electrons. The van der Waals surface area contributed by atoms with Crippen molar-refractivity contribution in [1.82, 2.24) is 15.5 Å². The lowest BCUT2D eigenvalue weighted by molar-refractivity contribution is -0.387. The molecule has 0 spiro atoms. The summed E-state index contributed by atoms with van der Waals surface area (Å²) < 4.78 is 0. The van der Waals surface area contributed by atoms with Crippen molar-refractivity contribution in [2.24, 2.45) is 5.92 Å². The number of nitrogens with one attached hydrogen (secondary N) is 2. The van der Waals surface area contributed by atoms with E-state index >= 15 is 0 Å². The molecule has 0 aliphatic carbocycles. The fourth-order valence-corrected chi connectivity index (χ4v) is 3.95. The van der Waals surface area contributed by atoms with Crippen molar-refractivity contribution in [1.29, 1.82) is 0 Å². The first-order valence-corrected chi connectivity index (χ1v) is 10.1. The molecule has 8 heteroatoms. The molecule has 2 N–H and O–H groups in total. The van der Waals surface area contributed by atoms with Crippen LogP contribution in [0.15, 0.2) is 23.1 Å². The summed E-state index contributed by atoms with van der Waals surface area (Å²) in [5.74, 6) is 1.12. The Balaban J connectivity index is 1.91. The van der Waals surface area contributed by atoms with Crippen molar-refractivity contribution in [3.8, 4) is 0 Å². The maximum Gasteiger partial charge on any atom is 0.283 e. The van der Waals surface area contributed by atoms with Gasteiger partial charge in [-0.15, -0.1) is 11.8 Å². The Hall–Kier alpha value is -1.64. The number of thioether (sulfide) groups is 1. The van der Waals surface area contributed by atoms with Gasteiger partial charge in [-0.25, -0.2) is 0 Å². The van der Waals surface area contributed by atoms with E-state index in [1.54, 1.807) is 12.1 Å². The number of nitro groups is 1. The molecule has 1 amide bonds. The number of amides is 1. The Kier molecular flexibility index (Phi) is 8.34. The monoisotopic (exact) mass is 380 g/mol. The number of hydrogen-bond acceptors (Lipinski definition) is 6. The average molecular weight is 381 g/mol. The first-order chi connectivity index (χ1) is 12.5. The quantitative estimate of drug-likeness (QED) is 0.388. The second-order valence-electron chi connectivity index (χ2n) is 6.82. The normalized spacial score (nSPS) is 15.2. The van der Waals surface area contributed by atoms with Crippen molar-refractivity contribution in [3.05, 3.63) is 33.9 Å². The fourth-order valence-electron chi connectivity index (χ4n) is 2.69. The summed E-state index contributed by atoms with van der Waals surface area (Å²) in [6.45, 7) is 9.47. The van der Waals surface area contributed by atoms with E-state index in [1.807, 2.05) is 0 Å². The number of piperazine rings is 1. The van der Waals surface area contributed by atoms with E-state index in [4.69, 9.17) is 0 Å². The molecule has 0 unspecified atom stereocenters. The van der Waals surface area contributed by atoms with E-state index in [1.165, 1.54) is 17.8 Å². The van der Waals surface area contributed by atoms with Crippen molar-refractivity contribution in [2.45, 2.75) is 25.2 Å². The number of nitrogens with zero attached hydrogens (tertiary/aromatic N) is 2. The molecule has 0 radical (unpaired) electrons. The number of benzene rings is 1. The van der Waals surface area contributed by atoms with Gasteiger partial charge in [0.1, 0.15) is 0 Å². The van der Waals surface area contributed by atoms with Crippen LogP contribution in [0.3, 0.4) is 0 Å². The van der Waals surface area contributed by atoms with Crippen LogP contribution in [0.1, 0.15) is 30.6 Å². The number of hydrogen-bond donors (Lipinski definition) is 2. The van der Waals surface area contributed by atoms with Gasteiger partial charge >= 0.3 is 0 Å². The Morgan fingerprint density at radius 1 is 1.38 bits per heavy atom. The Morgan fingerprint density at radius 2 is 2.12 bits per heavy atom. The zero-order valence-electron chi connectivity index (χ0n) is 15.5. The summed E-state index contributed by atoms with van der Waals surface area (Å²) in [6.07, 6.45) is 0.996. The summed E-state index contributed by atoms with van der Waals surface area (Å²) in [7, 11) is 0. The summed E-state index contributed by atoms with van der Waals surface area (Å²) >= 11 is 1.47. The largest absolute Gasteiger partial charge is 0.351 e. The van der Waals surface area contributed by atoms with Gasteiger partial charge < -0.3 is 10.6 Å². The van der Waals surface area contributed by atoms with Gasteiger partial charge in [-0.1, -0.05) is 13.8 Å². The lowest BCUT2D eigenvalue weighted by atomic mass is 10.2. The van der Waals surface area contributed by atoms with E-state index < -0.39 is 4.92 Å². The first-order valence-electron chi connectivity index (χ1n) is 9.10. The molecule has 2 rings (SSSR count). The number of carbonyl (C=O) groups is 1. The molecule has 1 aliphatic rings. The van der Waals surface area contributed by atoms with Crippen LogP contribution in [0.25, 0.3) is 0 Å². The molecular weight excluding hydrogens is 352 g/mol. The standard InChI is InChI=1S/C18H28N4O3S/c1-14(2)5-12-26-17-4-3-15(13-16(17)22(24)25)18(23)20-8-11-21-9-6-19-7-10-21/h3-4,13-14,19H,5-12H2,1-2H3,(H,20,23). The van der Waals surface area contributed by atoms with E-state index in [-0.39, 0.29) is 11.6 Å². The Labute approximate surface area is 159 Å². The molecule has 0 aromatic heterocycles. The second kappa shape index (κ2) is 10.5. The summed E-state index contributed by atoms with van der Waals surface area (Å²) in [5, 5.41) is 17.5. The van der Waals surface area contributed by atoms with Gasteiger partial charge in [0.15, 0.2) is 0 Å². The summed E-state index contributed by atoms with van der Waals surface area (Å²) in [5.41, 5.74) is 0.346. The molecular formula is C18H28N4O3S. The highest BCUT2D eigenvalue weighted by Gasteiger charge is 2.18. The van der Waals surface area contributed by atoms with E-state index in [2.05, 4.69) is 29.4 Å². The molecule has 1 aromatic rings. The third kappa shape index (κ3) is 6.59. The Morgan fingerprint density at radius 3 is 2.77 bits per heavy atom. The molecule has 0 atom stereocenters. The molecule has 0 bridgehead atoms. The van der Waals surface area contributed by atoms with Gasteiger partial charge in [-0.05, 0) is 30.2 Å². The summed E-state index contributed by atoms with van der Waals surface area (Å²) in [6, 6.07) is 4.75. The van der Waals surface area contributed by atoms with Gasteiger partial charge in [0, 0.05) is 50.9 Å². The van der Waals surface area contributed by atoms with Gasteiger partial charge in [0.25, 0.3) is 11.6 Å². The lowest BCUT2D eigenvalue weighted by Crippen LogP contribution is -2.46. The van der Waals surface area contributed by atoms with Crippen LogP contribution in [-0.2, 0) is 0 Å². The molecule has 0 saturated carbocycles. The second-order valence-corrected chi connectivity index (χ2v) is 7.95. The van der Waals surface area contributed by atoms with Crippen LogP contribution in [0, 0.1) is 16.0 Å². The Bertz CT molecular complexity index is 618. The molecule has 1 saturated heterocycles. The highest BCUT2D eigenvalue weighted by atomic mass is 32.2. The van der Waals surface area contributed by atoms with Crippen molar-refractivity contribution < 1.29 is 9.72 Å². The fraction of sp³-hybridized carbons (Fsp3) is 0.611. The van der Waals surface area contributed by atoms with E-state index in [0.29, 0.717) is 22.9 Å². The maximum absolute atomic E-state index is 12.3. The predicted molar refractivity (Wildman–Crippen MR) is 105 cm³/mol. The van der Waals surface area contributed by atoms with Crippen LogP contribution < -0.4 is 10.6 Å². The topological polar surface area (TPSA) is 87.5 Å². The number of carbonyl (C=O) groups excluding carboxylic acids is 1. The lowest BCUT2D eigenvalue weighted by Gasteiger charge is -2.27.